The van der Waals surface area contributed by atoms with E-state index in [0.29, 0.717) is 10.6 Å². The molecule has 146 valence electrons. The zero-order valence-electron chi connectivity index (χ0n) is 16.7. The molecule has 0 radical (unpaired) electrons. The van der Waals surface area contributed by atoms with Gasteiger partial charge in [0.25, 0.3) is 5.91 Å². The predicted octanol–water partition coefficient (Wildman–Crippen LogP) is 3.64. The lowest BCUT2D eigenvalue weighted by atomic mass is 10.0. The summed E-state index contributed by atoms with van der Waals surface area (Å²) in [6.45, 7) is 9.69. The number of likely N-dealkylation sites (N-methyl/N-ethyl adjacent to an activating group) is 1. The van der Waals surface area contributed by atoms with Crippen molar-refractivity contribution in [2.45, 2.75) is 46.1 Å². The molecule has 0 aliphatic heterocycles. The highest BCUT2D eigenvalue weighted by atomic mass is 35.5. The van der Waals surface area contributed by atoms with Crippen LogP contribution in [0.1, 0.15) is 56.6 Å². The van der Waals surface area contributed by atoms with Crippen LogP contribution in [0, 0.1) is 0 Å². The third-order valence-electron chi connectivity index (χ3n) is 3.88. The van der Waals surface area contributed by atoms with E-state index in [0.717, 1.165) is 11.4 Å². The highest BCUT2D eigenvalue weighted by Crippen LogP contribution is 2.25. The molecule has 1 heterocycles. The third kappa shape index (κ3) is 5.32. The number of hydrogen-bond donors (Lipinski definition) is 1. The van der Waals surface area contributed by atoms with Crippen molar-refractivity contribution in [3.63, 3.8) is 0 Å². The molecule has 2 rings (SSSR count). The van der Waals surface area contributed by atoms with Crippen molar-refractivity contribution >= 4 is 23.4 Å². The number of amides is 2. The Kier molecular flexibility index (Phi) is 6.31. The van der Waals surface area contributed by atoms with Gasteiger partial charge in [0, 0.05) is 17.6 Å². The molecule has 0 aliphatic rings. The molecular weight excluding hydrogens is 364 g/mol. The summed E-state index contributed by atoms with van der Waals surface area (Å²) < 4.78 is 1.73. The van der Waals surface area contributed by atoms with Crippen molar-refractivity contribution in [2.75, 3.05) is 13.6 Å². The summed E-state index contributed by atoms with van der Waals surface area (Å²) >= 11 is 6.10. The Balaban J connectivity index is 2.30. The number of nitrogens with zero attached hydrogens (tertiary/aromatic N) is 3. The molecule has 27 heavy (non-hydrogen) atoms. The number of hydrogen-bond acceptors (Lipinski definition) is 3. The first-order valence-electron chi connectivity index (χ1n) is 8.90. The number of carbonyl (C=O) groups excluding carboxylic acids is 2. The minimum Gasteiger partial charge on any atom is -0.350 e. The van der Waals surface area contributed by atoms with E-state index in [9.17, 15) is 9.59 Å². The van der Waals surface area contributed by atoms with Gasteiger partial charge in [0.15, 0.2) is 0 Å². The van der Waals surface area contributed by atoms with Crippen LogP contribution in [0.5, 0.6) is 0 Å². The summed E-state index contributed by atoms with van der Waals surface area (Å²) in [6, 6.07) is 7.32. The maximum atomic E-state index is 12.9. The first-order valence-corrected chi connectivity index (χ1v) is 9.27. The van der Waals surface area contributed by atoms with Gasteiger partial charge >= 0.3 is 0 Å². The average molecular weight is 391 g/mol. The lowest BCUT2D eigenvalue weighted by molar-refractivity contribution is -0.122. The van der Waals surface area contributed by atoms with E-state index in [1.165, 1.54) is 4.90 Å². The SMILES string of the molecule is CC(C)c1c(C(=O)N(C)CC(=O)NC(C)(C)C)cnn1-c1cccc(Cl)c1. The minimum atomic E-state index is -0.346. The van der Waals surface area contributed by atoms with Gasteiger partial charge in [-0.05, 0) is 44.9 Å². The third-order valence-corrected chi connectivity index (χ3v) is 4.11. The van der Waals surface area contributed by atoms with E-state index >= 15 is 0 Å². The summed E-state index contributed by atoms with van der Waals surface area (Å²) in [5, 5.41) is 7.86. The van der Waals surface area contributed by atoms with Crippen LogP contribution in [-0.4, -0.2) is 45.6 Å². The Labute approximate surface area is 165 Å². The van der Waals surface area contributed by atoms with Crippen molar-refractivity contribution in [3.8, 4) is 5.69 Å². The van der Waals surface area contributed by atoms with Gasteiger partial charge in [-0.25, -0.2) is 4.68 Å². The first kappa shape index (κ1) is 21.0. The number of carbonyl (C=O) groups is 2. The summed E-state index contributed by atoms with van der Waals surface area (Å²) in [7, 11) is 1.62. The molecule has 1 aromatic carbocycles. The van der Waals surface area contributed by atoms with Gasteiger partial charge in [-0.2, -0.15) is 5.10 Å². The number of aromatic nitrogens is 2. The van der Waals surface area contributed by atoms with Crippen LogP contribution in [0.3, 0.4) is 0 Å². The highest BCUT2D eigenvalue weighted by Gasteiger charge is 2.25. The Hall–Kier alpha value is -2.34. The zero-order chi connectivity index (χ0) is 20.4. The molecule has 0 fully saturated rings. The normalized spacial score (nSPS) is 11.6. The molecule has 2 amide bonds. The Morgan fingerprint density at radius 2 is 1.96 bits per heavy atom. The number of halogens is 1. The quantitative estimate of drug-likeness (QED) is 0.847. The minimum absolute atomic E-state index is 0.0179. The van der Waals surface area contributed by atoms with Crippen molar-refractivity contribution in [2.24, 2.45) is 0 Å². The maximum Gasteiger partial charge on any atom is 0.257 e. The summed E-state index contributed by atoms with van der Waals surface area (Å²) in [5.74, 6) is -0.384. The lowest BCUT2D eigenvalue weighted by Crippen LogP contribution is -2.46. The van der Waals surface area contributed by atoms with Crippen LogP contribution in [-0.2, 0) is 4.79 Å². The topological polar surface area (TPSA) is 67.2 Å². The van der Waals surface area contributed by atoms with Crippen molar-refractivity contribution in [3.05, 3.63) is 46.7 Å². The van der Waals surface area contributed by atoms with Gasteiger partial charge in [-0.1, -0.05) is 31.5 Å². The Morgan fingerprint density at radius 3 is 2.52 bits per heavy atom. The van der Waals surface area contributed by atoms with E-state index in [-0.39, 0.29) is 29.8 Å². The van der Waals surface area contributed by atoms with E-state index in [1.54, 1.807) is 30.1 Å². The van der Waals surface area contributed by atoms with E-state index in [1.807, 2.05) is 46.8 Å². The monoisotopic (exact) mass is 390 g/mol. The van der Waals surface area contributed by atoms with Crippen LogP contribution in [0.25, 0.3) is 5.69 Å². The first-order chi connectivity index (χ1) is 12.5. The number of rotatable bonds is 5. The second kappa shape index (κ2) is 8.13. The largest absolute Gasteiger partial charge is 0.350 e. The summed E-state index contributed by atoms with van der Waals surface area (Å²) in [6.07, 6.45) is 1.55. The molecule has 0 atom stereocenters. The van der Waals surface area contributed by atoms with E-state index in [2.05, 4.69) is 10.4 Å². The second-order valence-corrected chi connectivity index (χ2v) is 8.39. The summed E-state index contributed by atoms with van der Waals surface area (Å²) in [5.41, 5.74) is 1.71. The van der Waals surface area contributed by atoms with Crippen molar-refractivity contribution in [1.82, 2.24) is 20.0 Å². The molecule has 1 aromatic heterocycles. The molecule has 0 saturated heterocycles. The molecular formula is C20H27ClN4O2. The maximum absolute atomic E-state index is 12.9. The highest BCUT2D eigenvalue weighted by molar-refractivity contribution is 6.30. The van der Waals surface area contributed by atoms with Gasteiger partial charge in [-0.3, -0.25) is 9.59 Å². The van der Waals surface area contributed by atoms with Crippen molar-refractivity contribution in [1.29, 1.82) is 0 Å². The molecule has 0 saturated carbocycles. The predicted molar refractivity (Wildman–Crippen MR) is 108 cm³/mol. The zero-order valence-corrected chi connectivity index (χ0v) is 17.5. The van der Waals surface area contributed by atoms with Crippen LogP contribution in [0.15, 0.2) is 30.5 Å². The molecule has 7 heteroatoms. The van der Waals surface area contributed by atoms with Crippen LogP contribution < -0.4 is 5.32 Å². The van der Waals surface area contributed by atoms with Gasteiger partial charge in [0.05, 0.1) is 29.7 Å². The molecule has 0 bridgehead atoms. The fourth-order valence-electron chi connectivity index (χ4n) is 2.84. The summed E-state index contributed by atoms with van der Waals surface area (Å²) in [4.78, 5) is 26.5. The standard InChI is InChI=1S/C20H27ClN4O2/c1-13(2)18-16(11-22-25(18)15-9-7-8-14(21)10-15)19(27)24(6)12-17(26)23-20(3,4)5/h7-11,13H,12H2,1-6H3,(H,23,26). The van der Waals surface area contributed by atoms with Gasteiger partial charge < -0.3 is 10.2 Å². The fraction of sp³-hybridized carbons (Fsp3) is 0.450. The molecule has 0 spiro atoms. The number of nitrogens with one attached hydrogen (secondary N) is 1. The fourth-order valence-corrected chi connectivity index (χ4v) is 3.03. The lowest BCUT2D eigenvalue weighted by Gasteiger charge is -2.23. The van der Waals surface area contributed by atoms with Crippen molar-refractivity contribution < 1.29 is 9.59 Å². The van der Waals surface area contributed by atoms with E-state index in [4.69, 9.17) is 11.6 Å². The van der Waals surface area contributed by atoms with Gasteiger partial charge in [-0.15, -0.1) is 0 Å². The van der Waals surface area contributed by atoms with Crippen LogP contribution >= 0.6 is 11.6 Å². The molecule has 6 nitrogen and oxygen atoms in total. The Bertz CT molecular complexity index is 837. The van der Waals surface area contributed by atoms with Crippen LogP contribution in [0.4, 0.5) is 0 Å². The van der Waals surface area contributed by atoms with Gasteiger partial charge in [0.1, 0.15) is 0 Å². The molecule has 2 aromatic rings. The smallest absolute Gasteiger partial charge is 0.257 e. The number of benzene rings is 1. The molecule has 0 unspecified atom stereocenters. The average Bonchev–Trinajstić information content (AvgIpc) is 2.97. The second-order valence-electron chi connectivity index (χ2n) is 7.95. The van der Waals surface area contributed by atoms with Gasteiger partial charge in [0.2, 0.25) is 5.91 Å². The molecule has 0 aliphatic carbocycles. The van der Waals surface area contributed by atoms with Crippen LogP contribution in [0.2, 0.25) is 5.02 Å². The Morgan fingerprint density at radius 1 is 1.30 bits per heavy atom. The molecule has 1 N–H and O–H groups in total. The van der Waals surface area contributed by atoms with E-state index < -0.39 is 0 Å².